The molecule has 4 heteroatoms. The molecule has 0 unspecified atom stereocenters. The van der Waals surface area contributed by atoms with Crippen LogP contribution in [0.5, 0.6) is 0 Å². The van der Waals surface area contributed by atoms with Crippen molar-refractivity contribution in [3.05, 3.63) is 35.7 Å². The fourth-order valence-electron chi connectivity index (χ4n) is 2.99. The molecule has 0 bridgehead atoms. The lowest BCUT2D eigenvalue weighted by atomic mass is 10.1. The largest absolute Gasteiger partial charge is 0.303 e. The Morgan fingerprint density at radius 2 is 1.81 bits per heavy atom. The summed E-state index contributed by atoms with van der Waals surface area (Å²) < 4.78 is 0. The van der Waals surface area contributed by atoms with Gasteiger partial charge in [-0.3, -0.25) is 5.10 Å². The molecule has 112 valence electrons. The van der Waals surface area contributed by atoms with Gasteiger partial charge in [0, 0.05) is 17.5 Å². The number of H-pyrrole nitrogens is 1. The number of benzene rings is 1. The predicted octanol–water partition coefficient (Wildman–Crippen LogP) is 3.75. The van der Waals surface area contributed by atoms with Crippen LogP contribution in [-0.4, -0.2) is 34.2 Å². The van der Waals surface area contributed by atoms with Gasteiger partial charge in [0.05, 0.1) is 0 Å². The van der Waals surface area contributed by atoms with Gasteiger partial charge in [0.25, 0.3) is 0 Å². The van der Waals surface area contributed by atoms with Crippen LogP contribution in [0.4, 0.5) is 0 Å². The normalized spacial score (nSPS) is 17.5. The van der Waals surface area contributed by atoms with Crippen LogP contribution in [0.1, 0.15) is 56.0 Å². The van der Waals surface area contributed by atoms with Crippen LogP contribution in [0.3, 0.4) is 0 Å². The first-order valence-corrected chi connectivity index (χ1v) is 7.84. The minimum atomic E-state index is 0.417. The summed E-state index contributed by atoms with van der Waals surface area (Å²) in [6, 6.07) is 9.01. The number of rotatable bonds is 4. The topological polar surface area (TPSA) is 44.8 Å². The van der Waals surface area contributed by atoms with Gasteiger partial charge in [-0.15, -0.1) is 0 Å². The minimum Gasteiger partial charge on any atom is -0.303 e. The van der Waals surface area contributed by atoms with E-state index in [0.29, 0.717) is 12.0 Å². The van der Waals surface area contributed by atoms with Gasteiger partial charge in [0.2, 0.25) is 0 Å². The van der Waals surface area contributed by atoms with Crippen LogP contribution < -0.4 is 0 Å². The molecule has 0 spiro atoms. The summed E-state index contributed by atoms with van der Waals surface area (Å²) in [5.74, 6) is 2.47. The highest BCUT2D eigenvalue weighted by Crippen LogP contribution is 2.32. The quantitative estimate of drug-likeness (QED) is 0.930. The van der Waals surface area contributed by atoms with Gasteiger partial charge in [0.1, 0.15) is 5.82 Å². The molecular weight excluding hydrogens is 260 g/mol. The number of hydrogen-bond acceptors (Lipinski definition) is 3. The molecule has 0 aliphatic heterocycles. The number of nitrogens with one attached hydrogen (secondary N) is 1. The molecule has 1 aromatic carbocycles. The minimum absolute atomic E-state index is 0.417. The van der Waals surface area contributed by atoms with Gasteiger partial charge in [-0.25, -0.2) is 4.98 Å². The van der Waals surface area contributed by atoms with E-state index in [1.165, 1.54) is 31.2 Å². The third-order valence-electron chi connectivity index (χ3n) is 4.67. The molecular formula is C17H24N4. The van der Waals surface area contributed by atoms with Gasteiger partial charge in [-0.05, 0) is 39.4 Å². The van der Waals surface area contributed by atoms with Crippen molar-refractivity contribution in [2.24, 2.45) is 0 Å². The Balaban J connectivity index is 1.77. The second-order valence-corrected chi connectivity index (χ2v) is 6.29. The molecule has 1 aliphatic carbocycles. The molecule has 0 saturated heterocycles. The van der Waals surface area contributed by atoms with Crippen molar-refractivity contribution in [1.82, 2.24) is 20.1 Å². The Kier molecular flexibility index (Phi) is 4.06. The number of aromatic amines is 1. The summed E-state index contributed by atoms with van der Waals surface area (Å²) in [5, 5.41) is 7.53. The molecule has 3 rings (SSSR count). The zero-order valence-corrected chi connectivity index (χ0v) is 13.1. The molecule has 1 saturated carbocycles. The van der Waals surface area contributed by atoms with E-state index in [9.17, 15) is 0 Å². The number of hydrogen-bond donors (Lipinski definition) is 1. The SMILES string of the molecule is C[C@@H](c1ccc(-c2n[nH]c(C3CCCC3)n2)cc1)N(C)C. The molecule has 1 atom stereocenters. The van der Waals surface area contributed by atoms with E-state index < -0.39 is 0 Å². The Bertz CT molecular complexity index is 579. The van der Waals surface area contributed by atoms with Gasteiger partial charge >= 0.3 is 0 Å². The Labute approximate surface area is 126 Å². The van der Waals surface area contributed by atoms with Crippen LogP contribution >= 0.6 is 0 Å². The molecule has 1 aliphatic rings. The van der Waals surface area contributed by atoms with Crippen molar-refractivity contribution >= 4 is 0 Å². The van der Waals surface area contributed by atoms with Crippen molar-refractivity contribution in [3.8, 4) is 11.4 Å². The van der Waals surface area contributed by atoms with Crippen LogP contribution in [0.15, 0.2) is 24.3 Å². The van der Waals surface area contributed by atoms with E-state index in [1.54, 1.807) is 0 Å². The van der Waals surface area contributed by atoms with Gasteiger partial charge in [-0.2, -0.15) is 5.10 Å². The molecule has 1 N–H and O–H groups in total. The molecule has 1 heterocycles. The smallest absolute Gasteiger partial charge is 0.181 e. The van der Waals surface area contributed by atoms with Crippen LogP contribution in [-0.2, 0) is 0 Å². The molecule has 0 radical (unpaired) electrons. The monoisotopic (exact) mass is 284 g/mol. The molecule has 1 fully saturated rings. The van der Waals surface area contributed by atoms with Gasteiger partial charge in [0.15, 0.2) is 5.82 Å². The third kappa shape index (κ3) is 3.00. The van der Waals surface area contributed by atoms with Crippen molar-refractivity contribution in [1.29, 1.82) is 0 Å². The summed E-state index contributed by atoms with van der Waals surface area (Å²) in [5.41, 5.74) is 2.40. The van der Waals surface area contributed by atoms with E-state index in [0.717, 1.165) is 17.2 Å². The Morgan fingerprint density at radius 1 is 1.14 bits per heavy atom. The van der Waals surface area contributed by atoms with Crippen molar-refractivity contribution in [2.45, 2.75) is 44.6 Å². The lowest BCUT2D eigenvalue weighted by Gasteiger charge is -2.20. The first kappa shape index (κ1) is 14.3. The maximum Gasteiger partial charge on any atom is 0.181 e. The summed E-state index contributed by atoms with van der Waals surface area (Å²) in [6.07, 6.45) is 5.12. The fourth-order valence-corrected chi connectivity index (χ4v) is 2.99. The zero-order valence-electron chi connectivity index (χ0n) is 13.1. The highest BCUT2D eigenvalue weighted by atomic mass is 15.2. The van der Waals surface area contributed by atoms with Crippen molar-refractivity contribution in [2.75, 3.05) is 14.1 Å². The Morgan fingerprint density at radius 3 is 2.43 bits per heavy atom. The summed E-state index contributed by atoms with van der Waals surface area (Å²) >= 11 is 0. The lowest BCUT2D eigenvalue weighted by Crippen LogP contribution is -2.16. The van der Waals surface area contributed by atoms with Crippen LogP contribution in [0.2, 0.25) is 0 Å². The number of aromatic nitrogens is 3. The molecule has 21 heavy (non-hydrogen) atoms. The van der Waals surface area contributed by atoms with E-state index in [1.807, 2.05) is 0 Å². The van der Waals surface area contributed by atoms with Gasteiger partial charge in [-0.1, -0.05) is 37.1 Å². The average molecular weight is 284 g/mol. The first-order chi connectivity index (χ1) is 10.1. The molecule has 1 aromatic heterocycles. The second kappa shape index (κ2) is 5.98. The summed E-state index contributed by atoms with van der Waals surface area (Å²) in [7, 11) is 4.20. The van der Waals surface area contributed by atoms with E-state index in [2.05, 4.69) is 60.4 Å². The van der Waals surface area contributed by atoms with Gasteiger partial charge < -0.3 is 4.90 Å². The maximum absolute atomic E-state index is 4.70. The fraction of sp³-hybridized carbons (Fsp3) is 0.529. The van der Waals surface area contributed by atoms with E-state index >= 15 is 0 Å². The standard InChI is InChI=1S/C17H24N4/c1-12(21(2)3)13-8-10-15(11-9-13)17-18-16(19-20-17)14-6-4-5-7-14/h8-12,14H,4-7H2,1-3H3,(H,18,19,20)/t12-/m0/s1. The highest BCUT2D eigenvalue weighted by Gasteiger charge is 2.20. The second-order valence-electron chi connectivity index (χ2n) is 6.29. The van der Waals surface area contributed by atoms with Crippen molar-refractivity contribution < 1.29 is 0 Å². The number of nitrogens with zero attached hydrogens (tertiary/aromatic N) is 3. The summed E-state index contributed by atoms with van der Waals surface area (Å²) in [6.45, 7) is 2.21. The van der Waals surface area contributed by atoms with E-state index in [-0.39, 0.29) is 0 Å². The lowest BCUT2D eigenvalue weighted by molar-refractivity contribution is 0.321. The molecule has 0 amide bonds. The Hall–Kier alpha value is -1.68. The maximum atomic E-state index is 4.70. The highest BCUT2D eigenvalue weighted by molar-refractivity contribution is 5.55. The molecule has 4 nitrogen and oxygen atoms in total. The summed E-state index contributed by atoms with van der Waals surface area (Å²) in [4.78, 5) is 6.90. The zero-order chi connectivity index (χ0) is 14.8. The predicted molar refractivity (Wildman–Crippen MR) is 85.1 cm³/mol. The van der Waals surface area contributed by atoms with E-state index in [4.69, 9.17) is 4.98 Å². The molecule has 2 aromatic rings. The van der Waals surface area contributed by atoms with Crippen LogP contribution in [0, 0.1) is 0 Å². The third-order valence-corrected chi connectivity index (χ3v) is 4.67. The average Bonchev–Trinajstić information content (AvgIpc) is 3.17. The van der Waals surface area contributed by atoms with Crippen LogP contribution in [0.25, 0.3) is 11.4 Å². The first-order valence-electron chi connectivity index (χ1n) is 7.84. The van der Waals surface area contributed by atoms with Crippen molar-refractivity contribution in [3.63, 3.8) is 0 Å².